The summed E-state index contributed by atoms with van der Waals surface area (Å²) in [5.41, 5.74) is 3.51. The molecule has 1 aliphatic heterocycles. The van der Waals surface area contributed by atoms with Gasteiger partial charge in [-0.2, -0.15) is 13.2 Å². The Morgan fingerprint density at radius 2 is 1.94 bits per heavy atom. The third kappa shape index (κ3) is 4.76. The molecule has 0 radical (unpaired) electrons. The Balaban J connectivity index is 1.32. The van der Waals surface area contributed by atoms with E-state index in [0.717, 1.165) is 45.2 Å². The number of urea groups is 1. The second-order valence-electron chi connectivity index (χ2n) is 7.87. The molecule has 0 spiro atoms. The molecular weight excluding hydrogens is 493 g/mol. The number of carbonyl (C=O) groups excluding carboxylic acids is 1. The van der Waals surface area contributed by atoms with Crippen molar-refractivity contribution >= 4 is 40.5 Å². The number of thioether (sulfide) groups is 1. The van der Waals surface area contributed by atoms with Crippen molar-refractivity contribution in [2.45, 2.75) is 17.5 Å². The van der Waals surface area contributed by atoms with E-state index in [1.165, 1.54) is 16.2 Å². The van der Waals surface area contributed by atoms with E-state index in [1.54, 1.807) is 36.8 Å². The number of nitrogens with zero attached hydrogens (tertiary/aromatic N) is 3. The third-order valence-corrected chi connectivity index (χ3v) is 7.36. The zero-order valence-electron chi connectivity index (χ0n) is 18.5. The molecule has 0 unspecified atom stereocenters. The Hall–Kier alpha value is -3.37. The number of anilines is 2. The smallest absolute Gasteiger partial charge is 0.308 e. The first-order valence-electron chi connectivity index (χ1n) is 10.7. The normalized spacial score (nSPS) is 13.1. The zero-order chi connectivity index (χ0) is 24.6. The number of hydrogen-bond acceptors (Lipinski definition) is 5. The van der Waals surface area contributed by atoms with Gasteiger partial charge in [-0.1, -0.05) is 12.1 Å². The predicted molar refractivity (Wildman–Crippen MR) is 134 cm³/mol. The summed E-state index contributed by atoms with van der Waals surface area (Å²) < 4.78 is 40.5. The molecule has 0 saturated heterocycles. The highest BCUT2D eigenvalue weighted by molar-refractivity contribution is 7.98. The van der Waals surface area contributed by atoms with Crippen LogP contribution in [0.5, 0.6) is 0 Å². The lowest BCUT2D eigenvalue weighted by atomic mass is 10.1. The first kappa shape index (κ1) is 23.4. The molecule has 35 heavy (non-hydrogen) atoms. The fourth-order valence-corrected chi connectivity index (χ4v) is 5.43. The molecule has 0 atom stereocenters. The number of carbonyl (C=O) groups is 1. The van der Waals surface area contributed by atoms with Crippen molar-refractivity contribution in [3.63, 3.8) is 0 Å². The van der Waals surface area contributed by atoms with E-state index in [9.17, 15) is 18.0 Å². The standard InChI is InChI=1S/C25H19F3N4OS2/c1-34-22-11-16-8-10-32(21(16)12-19(22)25(26,27)28)24(33)30-18-6-4-15(5-7-18)20-14-35-23(31-20)17-3-2-9-29-13-17/h2-7,9,11-14H,8,10H2,1H3,(H,30,33). The summed E-state index contributed by atoms with van der Waals surface area (Å²) in [5, 5.41) is 5.61. The van der Waals surface area contributed by atoms with Crippen LogP contribution in [0.3, 0.4) is 0 Å². The average Bonchev–Trinajstić information content (AvgIpc) is 3.51. The Bertz CT molecular complexity index is 1370. The van der Waals surface area contributed by atoms with Crippen LogP contribution in [0.15, 0.2) is 71.2 Å². The zero-order valence-corrected chi connectivity index (χ0v) is 20.1. The molecule has 5 nitrogen and oxygen atoms in total. The van der Waals surface area contributed by atoms with Gasteiger partial charge in [0.25, 0.3) is 0 Å². The van der Waals surface area contributed by atoms with Crippen molar-refractivity contribution in [1.29, 1.82) is 0 Å². The van der Waals surface area contributed by atoms with Crippen molar-refractivity contribution in [3.8, 4) is 21.8 Å². The summed E-state index contributed by atoms with van der Waals surface area (Å²) >= 11 is 2.57. The number of hydrogen-bond donors (Lipinski definition) is 1. The Labute approximate surface area is 208 Å². The second kappa shape index (κ2) is 9.35. The lowest BCUT2D eigenvalue weighted by Gasteiger charge is -2.20. The van der Waals surface area contributed by atoms with Gasteiger partial charge in [0.05, 0.1) is 11.3 Å². The molecule has 0 saturated carbocycles. The molecule has 5 rings (SSSR count). The molecule has 1 N–H and O–H groups in total. The molecule has 0 bridgehead atoms. The lowest BCUT2D eigenvalue weighted by molar-refractivity contribution is -0.139. The van der Waals surface area contributed by atoms with Gasteiger partial charge in [-0.05, 0) is 54.6 Å². The number of fused-ring (bicyclic) bond motifs is 1. The monoisotopic (exact) mass is 512 g/mol. The van der Waals surface area contributed by atoms with Gasteiger partial charge in [0.15, 0.2) is 0 Å². The maximum Gasteiger partial charge on any atom is 0.417 e. The Morgan fingerprint density at radius 3 is 2.63 bits per heavy atom. The van der Waals surface area contributed by atoms with Crippen LogP contribution in [0.25, 0.3) is 21.8 Å². The van der Waals surface area contributed by atoms with Gasteiger partial charge < -0.3 is 5.32 Å². The second-order valence-corrected chi connectivity index (χ2v) is 9.57. The molecule has 1 aliphatic rings. The van der Waals surface area contributed by atoms with E-state index in [-0.39, 0.29) is 4.90 Å². The minimum absolute atomic E-state index is 0.169. The van der Waals surface area contributed by atoms with Crippen molar-refractivity contribution < 1.29 is 18.0 Å². The van der Waals surface area contributed by atoms with Crippen LogP contribution in [0.1, 0.15) is 11.1 Å². The number of rotatable bonds is 4. The minimum atomic E-state index is -4.49. The van der Waals surface area contributed by atoms with E-state index in [2.05, 4.69) is 15.3 Å². The maximum absolute atomic E-state index is 13.5. The predicted octanol–water partition coefficient (Wildman–Crippen LogP) is 7.21. The van der Waals surface area contributed by atoms with Crippen LogP contribution < -0.4 is 10.2 Å². The lowest BCUT2D eigenvalue weighted by Crippen LogP contribution is -2.33. The topological polar surface area (TPSA) is 58.1 Å². The number of alkyl halides is 3. The number of pyridine rings is 1. The van der Waals surface area contributed by atoms with Crippen LogP contribution >= 0.6 is 23.1 Å². The fraction of sp³-hybridized carbons (Fsp3) is 0.160. The highest BCUT2D eigenvalue weighted by Crippen LogP contribution is 2.42. The van der Waals surface area contributed by atoms with Crippen molar-refractivity contribution in [1.82, 2.24) is 9.97 Å². The van der Waals surface area contributed by atoms with E-state index < -0.39 is 17.8 Å². The number of halogens is 3. The highest BCUT2D eigenvalue weighted by Gasteiger charge is 2.36. The first-order valence-corrected chi connectivity index (χ1v) is 12.8. The molecule has 2 aromatic carbocycles. The molecular formula is C25H19F3N4OS2. The van der Waals surface area contributed by atoms with Gasteiger partial charge in [-0.25, -0.2) is 9.78 Å². The number of benzene rings is 2. The van der Waals surface area contributed by atoms with Crippen LogP contribution in [0.2, 0.25) is 0 Å². The number of nitrogens with one attached hydrogen (secondary N) is 1. The molecule has 2 amide bonds. The van der Waals surface area contributed by atoms with Crippen molar-refractivity contribution in [2.24, 2.45) is 0 Å². The van der Waals surface area contributed by atoms with Gasteiger partial charge >= 0.3 is 12.2 Å². The molecule has 178 valence electrons. The molecule has 3 heterocycles. The van der Waals surface area contributed by atoms with E-state index in [0.29, 0.717) is 24.3 Å². The average molecular weight is 513 g/mol. The largest absolute Gasteiger partial charge is 0.417 e. The molecule has 4 aromatic rings. The van der Waals surface area contributed by atoms with Crippen molar-refractivity contribution in [3.05, 3.63) is 77.4 Å². The first-order chi connectivity index (χ1) is 16.8. The Kier molecular flexibility index (Phi) is 6.24. The van der Waals surface area contributed by atoms with Crippen LogP contribution in [-0.2, 0) is 12.6 Å². The summed E-state index contributed by atoms with van der Waals surface area (Å²) in [4.78, 5) is 23.2. The summed E-state index contributed by atoms with van der Waals surface area (Å²) in [5.74, 6) is 0. The van der Waals surface area contributed by atoms with E-state index in [1.807, 2.05) is 29.6 Å². The summed E-state index contributed by atoms with van der Waals surface area (Å²) in [7, 11) is 0. The van der Waals surface area contributed by atoms with Crippen LogP contribution in [-0.4, -0.2) is 28.8 Å². The number of aromatic nitrogens is 2. The van der Waals surface area contributed by atoms with Crippen LogP contribution in [0.4, 0.5) is 29.3 Å². The molecule has 10 heteroatoms. The Morgan fingerprint density at radius 1 is 1.14 bits per heavy atom. The summed E-state index contributed by atoms with van der Waals surface area (Å²) in [6.07, 6.45) is 1.11. The van der Waals surface area contributed by atoms with Crippen LogP contribution in [0, 0.1) is 0 Å². The molecule has 0 aliphatic carbocycles. The maximum atomic E-state index is 13.5. The molecule has 2 aromatic heterocycles. The summed E-state index contributed by atoms with van der Waals surface area (Å²) in [6.45, 7) is 0.324. The highest BCUT2D eigenvalue weighted by atomic mass is 32.2. The SMILES string of the molecule is CSc1cc2c(cc1C(F)(F)F)N(C(=O)Nc1ccc(-c3csc(-c4cccnc4)n3)cc1)CC2. The minimum Gasteiger partial charge on any atom is -0.308 e. The number of amides is 2. The quantitative estimate of drug-likeness (QED) is 0.294. The van der Waals surface area contributed by atoms with Gasteiger partial charge in [-0.15, -0.1) is 23.1 Å². The van der Waals surface area contributed by atoms with Gasteiger partial charge in [0.1, 0.15) is 5.01 Å². The van der Waals surface area contributed by atoms with Gasteiger partial charge in [-0.3, -0.25) is 9.88 Å². The van der Waals surface area contributed by atoms with Crippen molar-refractivity contribution in [2.75, 3.05) is 23.0 Å². The van der Waals surface area contributed by atoms with Gasteiger partial charge in [0.2, 0.25) is 0 Å². The summed E-state index contributed by atoms with van der Waals surface area (Å²) in [6, 6.07) is 13.2. The number of thiazole rings is 1. The van der Waals surface area contributed by atoms with E-state index in [4.69, 9.17) is 0 Å². The fourth-order valence-electron chi connectivity index (χ4n) is 3.96. The van der Waals surface area contributed by atoms with Gasteiger partial charge in [0, 0.05) is 51.7 Å². The molecule has 0 fully saturated rings. The third-order valence-electron chi connectivity index (χ3n) is 5.69. The van der Waals surface area contributed by atoms with E-state index >= 15 is 0 Å².